The molecule has 1 heterocycles. The zero-order chi connectivity index (χ0) is 16.0. The van der Waals surface area contributed by atoms with Crippen molar-refractivity contribution in [3.05, 3.63) is 0 Å². The van der Waals surface area contributed by atoms with E-state index in [9.17, 15) is 18.0 Å². The Balaban J connectivity index is 2.59. The monoisotopic (exact) mass is 322 g/mol. The molecule has 3 amide bonds. The fraction of sp³-hybridized carbons (Fsp3) is 0.818. The number of amides is 3. The van der Waals surface area contributed by atoms with Crippen molar-refractivity contribution in [2.45, 2.75) is 13.8 Å². The molecule has 9 nitrogen and oxygen atoms in total. The van der Waals surface area contributed by atoms with Crippen molar-refractivity contribution in [2.75, 3.05) is 46.4 Å². The van der Waals surface area contributed by atoms with Gasteiger partial charge in [0.25, 0.3) is 0 Å². The molecular weight excluding hydrogens is 300 g/mol. The number of carbonyl (C=O) groups is 2. The summed E-state index contributed by atoms with van der Waals surface area (Å²) in [6.07, 6.45) is -1.03. The van der Waals surface area contributed by atoms with E-state index >= 15 is 0 Å². The van der Waals surface area contributed by atoms with Crippen molar-refractivity contribution < 1.29 is 22.7 Å². The van der Waals surface area contributed by atoms with Gasteiger partial charge in [-0.1, -0.05) is 0 Å². The third-order valence-corrected chi connectivity index (χ3v) is 4.75. The molecule has 1 N–H and O–H groups in total. The first-order chi connectivity index (χ1) is 9.85. The fourth-order valence-corrected chi connectivity index (χ4v) is 3.09. The lowest BCUT2D eigenvalue weighted by Gasteiger charge is -2.36. The van der Waals surface area contributed by atoms with Crippen LogP contribution in [-0.2, 0) is 14.9 Å². The zero-order valence-electron chi connectivity index (χ0n) is 12.5. The molecule has 0 atom stereocenters. The summed E-state index contributed by atoms with van der Waals surface area (Å²) in [5.74, 6) is 0. The van der Waals surface area contributed by atoms with Gasteiger partial charge in [0.15, 0.2) is 0 Å². The molecule has 0 radical (unpaired) electrons. The van der Waals surface area contributed by atoms with Gasteiger partial charge in [-0.05, 0) is 13.8 Å². The third-order valence-electron chi connectivity index (χ3n) is 3.28. The molecule has 122 valence electrons. The topological polar surface area (TPSA) is 99.3 Å². The second-order valence-corrected chi connectivity index (χ2v) is 6.11. The summed E-state index contributed by atoms with van der Waals surface area (Å²) in [5.41, 5.74) is 0. The second kappa shape index (κ2) is 7.46. The first kappa shape index (κ1) is 17.5. The Kier molecular flexibility index (Phi) is 6.21. The van der Waals surface area contributed by atoms with Crippen molar-refractivity contribution >= 4 is 22.3 Å². The van der Waals surface area contributed by atoms with Gasteiger partial charge in [-0.3, -0.25) is 0 Å². The molecule has 10 heteroatoms. The van der Waals surface area contributed by atoms with Crippen LogP contribution in [-0.4, -0.2) is 81.0 Å². The highest BCUT2D eigenvalue weighted by atomic mass is 32.2. The number of piperazine rings is 1. The summed E-state index contributed by atoms with van der Waals surface area (Å²) in [5, 5.41) is 0. The number of nitrogens with one attached hydrogen (secondary N) is 1. The van der Waals surface area contributed by atoms with E-state index in [0.717, 1.165) is 11.4 Å². The van der Waals surface area contributed by atoms with Gasteiger partial charge in [-0.25, -0.2) is 14.3 Å². The van der Waals surface area contributed by atoms with E-state index in [1.807, 2.05) is 13.8 Å². The van der Waals surface area contributed by atoms with Crippen LogP contribution in [0.2, 0.25) is 0 Å². The number of ether oxygens (including phenoxy) is 1. The highest BCUT2D eigenvalue weighted by Crippen LogP contribution is 2.09. The van der Waals surface area contributed by atoms with Gasteiger partial charge in [-0.15, -0.1) is 0 Å². The van der Waals surface area contributed by atoms with Gasteiger partial charge in [0.2, 0.25) is 0 Å². The molecular formula is C11H22N4O5S. The van der Waals surface area contributed by atoms with E-state index in [2.05, 4.69) is 4.74 Å². The fourth-order valence-electron chi connectivity index (χ4n) is 2.03. The van der Waals surface area contributed by atoms with E-state index in [4.69, 9.17) is 0 Å². The second-order valence-electron chi connectivity index (χ2n) is 4.44. The van der Waals surface area contributed by atoms with E-state index in [-0.39, 0.29) is 32.2 Å². The van der Waals surface area contributed by atoms with Gasteiger partial charge in [-0.2, -0.15) is 12.7 Å². The van der Waals surface area contributed by atoms with Crippen LogP contribution in [0.3, 0.4) is 0 Å². The van der Waals surface area contributed by atoms with E-state index in [1.54, 1.807) is 14.5 Å². The number of urea groups is 1. The number of carbonyl (C=O) groups excluding carboxylic acids is 2. The summed E-state index contributed by atoms with van der Waals surface area (Å²) < 4.78 is 30.9. The SMILES string of the molecule is CCN(CC)C(=O)N1CCN(S(=O)(=O)NC(=O)OC)CC1. The van der Waals surface area contributed by atoms with Crippen LogP contribution in [0.15, 0.2) is 0 Å². The van der Waals surface area contributed by atoms with Crippen molar-refractivity contribution in [3.63, 3.8) is 0 Å². The van der Waals surface area contributed by atoms with Crippen molar-refractivity contribution in [1.82, 2.24) is 18.8 Å². The van der Waals surface area contributed by atoms with Crippen LogP contribution in [0.25, 0.3) is 0 Å². The number of methoxy groups -OCH3 is 1. The van der Waals surface area contributed by atoms with Crippen LogP contribution < -0.4 is 4.72 Å². The highest BCUT2D eigenvalue weighted by molar-refractivity contribution is 7.87. The molecule has 0 unspecified atom stereocenters. The van der Waals surface area contributed by atoms with Crippen LogP contribution in [0.4, 0.5) is 9.59 Å². The van der Waals surface area contributed by atoms with Crippen LogP contribution in [0.5, 0.6) is 0 Å². The number of hydrogen-bond donors (Lipinski definition) is 1. The standard InChI is InChI=1S/C11H22N4O5S/c1-4-13(5-2)11(17)14-6-8-15(9-7-14)21(18,19)12-10(16)20-3/h4-9H2,1-3H3,(H,12,16). The molecule has 0 saturated carbocycles. The Morgan fingerprint density at radius 3 is 2.10 bits per heavy atom. The van der Waals surface area contributed by atoms with Crippen molar-refractivity contribution in [3.8, 4) is 0 Å². The molecule has 1 fully saturated rings. The molecule has 0 aromatic heterocycles. The summed E-state index contributed by atoms with van der Waals surface area (Å²) in [6, 6.07) is -0.0991. The van der Waals surface area contributed by atoms with Crippen LogP contribution in [0.1, 0.15) is 13.8 Å². The summed E-state index contributed by atoms with van der Waals surface area (Å²) in [4.78, 5) is 26.4. The predicted molar refractivity (Wildman–Crippen MR) is 75.9 cm³/mol. The van der Waals surface area contributed by atoms with Gasteiger partial charge in [0.1, 0.15) is 0 Å². The minimum absolute atomic E-state index is 0.0991. The molecule has 1 aliphatic heterocycles. The number of hydrogen-bond acceptors (Lipinski definition) is 5. The molecule has 0 aromatic carbocycles. The van der Waals surface area contributed by atoms with E-state index < -0.39 is 16.3 Å². The average Bonchev–Trinajstić information content (AvgIpc) is 2.48. The molecule has 0 aromatic rings. The molecule has 1 rings (SSSR count). The van der Waals surface area contributed by atoms with Crippen LogP contribution >= 0.6 is 0 Å². The molecule has 0 bridgehead atoms. The largest absolute Gasteiger partial charge is 0.452 e. The minimum atomic E-state index is -3.92. The maximum absolute atomic E-state index is 12.1. The smallest absolute Gasteiger partial charge is 0.421 e. The van der Waals surface area contributed by atoms with Gasteiger partial charge >= 0.3 is 22.3 Å². The van der Waals surface area contributed by atoms with Gasteiger partial charge in [0.05, 0.1) is 7.11 Å². The number of nitrogens with zero attached hydrogens (tertiary/aromatic N) is 3. The van der Waals surface area contributed by atoms with E-state index in [0.29, 0.717) is 13.1 Å². The third kappa shape index (κ3) is 4.46. The lowest BCUT2D eigenvalue weighted by molar-refractivity contribution is 0.137. The Bertz CT molecular complexity index is 469. The Hall–Kier alpha value is -1.55. The van der Waals surface area contributed by atoms with Gasteiger partial charge < -0.3 is 14.5 Å². The maximum atomic E-state index is 12.1. The average molecular weight is 322 g/mol. The lowest BCUT2D eigenvalue weighted by Crippen LogP contribution is -2.56. The first-order valence-corrected chi connectivity index (χ1v) is 8.19. The minimum Gasteiger partial charge on any atom is -0.452 e. The quantitative estimate of drug-likeness (QED) is 0.764. The molecule has 0 spiro atoms. The Labute approximate surface area is 125 Å². The van der Waals surface area contributed by atoms with Gasteiger partial charge in [0, 0.05) is 39.3 Å². The summed E-state index contributed by atoms with van der Waals surface area (Å²) in [7, 11) is -2.83. The van der Waals surface area contributed by atoms with Crippen molar-refractivity contribution in [1.29, 1.82) is 0 Å². The van der Waals surface area contributed by atoms with Crippen LogP contribution in [0, 0.1) is 0 Å². The molecule has 21 heavy (non-hydrogen) atoms. The molecule has 1 saturated heterocycles. The summed E-state index contributed by atoms with van der Waals surface area (Å²) >= 11 is 0. The maximum Gasteiger partial charge on any atom is 0.421 e. The summed E-state index contributed by atoms with van der Waals surface area (Å²) in [6.45, 7) is 5.85. The normalized spacial score (nSPS) is 16.4. The predicted octanol–water partition coefficient (Wildman–Crippen LogP) is -0.333. The molecule has 1 aliphatic rings. The van der Waals surface area contributed by atoms with Crippen molar-refractivity contribution in [2.24, 2.45) is 0 Å². The Morgan fingerprint density at radius 2 is 1.67 bits per heavy atom. The zero-order valence-corrected chi connectivity index (χ0v) is 13.4. The highest BCUT2D eigenvalue weighted by Gasteiger charge is 2.31. The lowest BCUT2D eigenvalue weighted by atomic mass is 10.4. The van der Waals surface area contributed by atoms with E-state index in [1.165, 1.54) is 0 Å². The Morgan fingerprint density at radius 1 is 1.14 bits per heavy atom. The number of rotatable bonds is 4. The molecule has 0 aliphatic carbocycles. The first-order valence-electron chi connectivity index (χ1n) is 6.75.